The van der Waals surface area contributed by atoms with E-state index in [-0.39, 0.29) is 5.91 Å². The van der Waals surface area contributed by atoms with Gasteiger partial charge in [0, 0.05) is 18.4 Å². The molecule has 1 saturated heterocycles. The normalized spacial score (nSPS) is 19.5. The minimum absolute atomic E-state index is 0.277. The number of carbonyl (C=O) groups is 1. The number of halogens is 1. The monoisotopic (exact) mass is 323 g/mol. The van der Waals surface area contributed by atoms with Crippen LogP contribution in [0.15, 0.2) is 18.2 Å². The van der Waals surface area contributed by atoms with E-state index in [4.69, 9.17) is 0 Å². The molecule has 0 N–H and O–H groups in total. The Labute approximate surface area is 124 Å². The van der Waals surface area contributed by atoms with Gasteiger partial charge >= 0.3 is 0 Å². The van der Waals surface area contributed by atoms with Crippen LogP contribution < -0.4 is 0 Å². The van der Waals surface area contributed by atoms with E-state index >= 15 is 0 Å². The lowest BCUT2D eigenvalue weighted by molar-refractivity contribution is -0.132. The fourth-order valence-electron chi connectivity index (χ4n) is 2.68. The molecule has 1 aromatic rings. The number of alkyl halides is 1. The highest BCUT2D eigenvalue weighted by atomic mass is 79.9. The molecule has 0 bridgehead atoms. The van der Waals surface area contributed by atoms with E-state index in [1.165, 1.54) is 23.1 Å². The van der Waals surface area contributed by atoms with E-state index in [1.807, 2.05) is 4.90 Å². The third-order valence-electron chi connectivity index (χ3n) is 3.94. The van der Waals surface area contributed by atoms with Crippen LogP contribution in [-0.2, 0) is 11.2 Å². The van der Waals surface area contributed by atoms with Crippen molar-refractivity contribution in [2.75, 3.05) is 18.4 Å². The van der Waals surface area contributed by atoms with Crippen molar-refractivity contribution >= 4 is 21.8 Å². The molecule has 2 rings (SSSR count). The van der Waals surface area contributed by atoms with E-state index in [9.17, 15) is 4.79 Å². The first-order valence-electron chi connectivity index (χ1n) is 7.00. The fraction of sp³-hybridized carbons (Fsp3) is 0.562. The van der Waals surface area contributed by atoms with Crippen molar-refractivity contribution in [2.24, 2.45) is 5.92 Å². The molecule has 0 aromatic heterocycles. The minimum Gasteiger partial charge on any atom is -0.342 e. The van der Waals surface area contributed by atoms with Gasteiger partial charge in [-0.25, -0.2) is 0 Å². The van der Waals surface area contributed by atoms with E-state index in [1.54, 1.807) is 0 Å². The third-order valence-corrected chi connectivity index (χ3v) is 4.85. The molecule has 0 spiro atoms. The maximum absolute atomic E-state index is 12.4. The number of likely N-dealkylation sites (tertiary alicyclic amines) is 1. The van der Waals surface area contributed by atoms with Crippen molar-refractivity contribution in [1.29, 1.82) is 0 Å². The standard InChI is InChI=1S/C16H22BrNO/c1-12-5-6-13(2)15(8-12)9-16(19)18-7-3-4-14(10-17)11-18/h5-6,8,14H,3-4,7,9-11H2,1-2H3. The first kappa shape index (κ1) is 14.6. The Balaban J connectivity index is 2.02. The Morgan fingerprint density at radius 3 is 2.95 bits per heavy atom. The van der Waals surface area contributed by atoms with Gasteiger partial charge in [-0.1, -0.05) is 39.7 Å². The Morgan fingerprint density at radius 2 is 2.21 bits per heavy atom. The summed E-state index contributed by atoms with van der Waals surface area (Å²) in [6, 6.07) is 6.35. The summed E-state index contributed by atoms with van der Waals surface area (Å²) in [6.45, 7) is 6.00. The summed E-state index contributed by atoms with van der Waals surface area (Å²) in [6.07, 6.45) is 2.91. The lowest BCUT2D eigenvalue weighted by atomic mass is 9.98. The summed E-state index contributed by atoms with van der Waals surface area (Å²) in [5, 5.41) is 1.00. The highest BCUT2D eigenvalue weighted by Gasteiger charge is 2.23. The van der Waals surface area contributed by atoms with Crippen LogP contribution in [0.25, 0.3) is 0 Å². The number of piperidine rings is 1. The number of benzene rings is 1. The van der Waals surface area contributed by atoms with Gasteiger partial charge < -0.3 is 4.90 Å². The zero-order valence-electron chi connectivity index (χ0n) is 11.8. The highest BCUT2D eigenvalue weighted by Crippen LogP contribution is 2.20. The third kappa shape index (κ3) is 3.82. The molecule has 3 heteroatoms. The molecule has 1 unspecified atom stereocenters. The largest absolute Gasteiger partial charge is 0.342 e. The van der Waals surface area contributed by atoms with Crippen molar-refractivity contribution in [3.63, 3.8) is 0 Å². The van der Waals surface area contributed by atoms with Gasteiger partial charge in [0.2, 0.25) is 5.91 Å². The summed E-state index contributed by atoms with van der Waals surface area (Å²) < 4.78 is 0. The van der Waals surface area contributed by atoms with Gasteiger partial charge in [0.15, 0.2) is 0 Å². The Bertz CT molecular complexity index is 458. The molecule has 0 saturated carbocycles. The molecular formula is C16H22BrNO. The van der Waals surface area contributed by atoms with Crippen LogP contribution in [0.3, 0.4) is 0 Å². The summed E-state index contributed by atoms with van der Waals surface area (Å²) in [7, 11) is 0. The van der Waals surface area contributed by atoms with Crippen LogP contribution in [0.2, 0.25) is 0 Å². The summed E-state index contributed by atoms with van der Waals surface area (Å²) in [5.41, 5.74) is 3.62. The molecule has 1 aliphatic heterocycles. The molecule has 1 fully saturated rings. The van der Waals surface area contributed by atoms with Crippen LogP contribution in [0, 0.1) is 19.8 Å². The van der Waals surface area contributed by atoms with Gasteiger partial charge in [-0.15, -0.1) is 0 Å². The summed E-state index contributed by atoms with van der Waals surface area (Å²) in [4.78, 5) is 14.4. The van der Waals surface area contributed by atoms with Crippen molar-refractivity contribution in [3.8, 4) is 0 Å². The maximum atomic E-state index is 12.4. The quantitative estimate of drug-likeness (QED) is 0.780. The predicted molar refractivity (Wildman–Crippen MR) is 82.7 cm³/mol. The zero-order valence-corrected chi connectivity index (χ0v) is 13.4. The Hall–Kier alpha value is -0.830. The number of nitrogens with zero attached hydrogens (tertiary/aromatic N) is 1. The van der Waals surface area contributed by atoms with Gasteiger partial charge in [0.25, 0.3) is 0 Å². The lowest BCUT2D eigenvalue weighted by Crippen LogP contribution is -2.41. The molecule has 1 atom stereocenters. The van der Waals surface area contributed by atoms with Crippen LogP contribution in [-0.4, -0.2) is 29.2 Å². The van der Waals surface area contributed by atoms with E-state index in [0.29, 0.717) is 12.3 Å². The van der Waals surface area contributed by atoms with E-state index in [0.717, 1.165) is 24.8 Å². The lowest BCUT2D eigenvalue weighted by Gasteiger charge is -2.32. The minimum atomic E-state index is 0.277. The number of rotatable bonds is 3. The average Bonchev–Trinajstić information content (AvgIpc) is 2.43. The average molecular weight is 324 g/mol. The van der Waals surface area contributed by atoms with Gasteiger partial charge in [-0.2, -0.15) is 0 Å². The predicted octanol–water partition coefficient (Wildman–Crippen LogP) is 3.48. The fourth-order valence-corrected chi connectivity index (χ4v) is 3.21. The number of hydrogen-bond donors (Lipinski definition) is 0. The number of amides is 1. The van der Waals surface area contributed by atoms with Gasteiger partial charge in [0.05, 0.1) is 6.42 Å². The molecule has 1 aliphatic rings. The van der Waals surface area contributed by atoms with Crippen molar-refractivity contribution in [3.05, 3.63) is 34.9 Å². The molecule has 1 amide bonds. The smallest absolute Gasteiger partial charge is 0.227 e. The molecule has 2 nitrogen and oxygen atoms in total. The van der Waals surface area contributed by atoms with Gasteiger partial charge in [0.1, 0.15) is 0 Å². The topological polar surface area (TPSA) is 20.3 Å². The van der Waals surface area contributed by atoms with Crippen molar-refractivity contribution in [1.82, 2.24) is 4.90 Å². The van der Waals surface area contributed by atoms with E-state index in [2.05, 4.69) is 48.0 Å². The molecule has 1 aromatic carbocycles. The van der Waals surface area contributed by atoms with Crippen LogP contribution >= 0.6 is 15.9 Å². The van der Waals surface area contributed by atoms with Crippen molar-refractivity contribution < 1.29 is 4.79 Å². The molecule has 19 heavy (non-hydrogen) atoms. The summed E-state index contributed by atoms with van der Waals surface area (Å²) >= 11 is 3.54. The highest BCUT2D eigenvalue weighted by molar-refractivity contribution is 9.09. The SMILES string of the molecule is Cc1ccc(C)c(CC(=O)N2CCCC(CBr)C2)c1. The number of hydrogen-bond acceptors (Lipinski definition) is 1. The van der Waals surface area contributed by atoms with Crippen LogP contribution in [0.5, 0.6) is 0 Å². The summed E-state index contributed by atoms with van der Waals surface area (Å²) in [5.74, 6) is 0.899. The zero-order chi connectivity index (χ0) is 13.8. The van der Waals surface area contributed by atoms with Gasteiger partial charge in [-0.3, -0.25) is 4.79 Å². The second-order valence-electron chi connectivity index (χ2n) is 5.61. The van der Waals surface area contributed by atoms with E-state index < -0.39 is 0 Å². The molecule has 1 heterocycles. The van der Waals surface area contributed by atoms with Gasteiger partial charge in [-0.05, 0) is 43.7 Å². The maximum Gasteiger partial charge on any atom is 0.227 e. The first-order chi connectivity index (χ1) is 9.10. The number of carbonyl (C=O) groups excluding carboxylic acids is 1. The first-order valence-corrected chi connectivity index (χ1v) is 8.12. The Kier molecular flexibility index (Phi) is 5.03. The molecule has 0 aliphatic carbocycles. The second kappa shape index (κ2) is 6.56. The molecule has 104 valence electrons. The number of aryl methyl sites for hydroxylation is 2. The van der Waals surface area contributed by atoms with Crippen molar-refractivity contribution in [2.45, 2.75) is 33.1 Å². The second-order valence-corrected chi connectivity index (χ2v) is 6.26. The van der Waals surface area contributed by atoms with Crippen LogP contribution in [0.1, 0.15) is 29.5 Å². The van der Waals surface area contributed by atoms with Crippen LogP contribution in [0.4, 0.5) is 0 Å². The molecule has 0 radical (unpaired) electrons. The Morgan fingerprint density at radius 1 is 1.42 bits per heavy atom. The molecular weight excluding hydrogens is 302 g/mol.